The molecule has 0 saturated heterocycles. The van der Waals surface area contributed by atoms with Crippen molar-refractivity contribution in [2.75, 3.05) is 11.9 Å². The molecule has 2 aromatic carbocycles. The van der Waals surface area contributed by atoms with E-state index in [0.717, 1.165) is 15.7 Å². The summed E-state index contributed by atoms with van der Waals surface area (Å²) in [6.45, 7) is 1.97. The number of amides is 1. The van der Waals surface area contributed by atoms with E-state index in [1.54, 1.807) is 0 Å². The van der Waals surface area contributed by atoms with Crippen LogP contribution in [0.1, 0.15) is 5.56 Å². The lowest BCUT2D eigenvalue weighted by Crippen LogP contribution is -2.20. The van der Waals surface area contributed by atoms with Crippen molar-refractivity contribution < 1.29 is 9.53 Å². The Morgan fingerprint density at radius 2 is 2.00 bits per heavy atom. The number of rotatable bonds is 4. The topological polar surface area (TPSA) is 38.3 Å². The average molecular weight is 320 g/mol. The second-order valence-electron chi connectivity index (χ2n) is 4.16. The van der Waals surface area contributed by atoms with Gasteiger partial charge in [0.05, 0.1) is 0 Å². The van der Waals surface area contributed by atoms with E-state index in [2.05, 4.69) is 21.2 Å². The number of ether oxygens (including phenoxy) is 1. The van der Waals surface area contributed by atoms with Gasteiger partial charge in [-0.1, -0.05) is 34.1 Å². The Kier molecular flexibility index (Phi) is 4.58. The number of hydrogen-bond donors (Lipinski definition) is 1. The van der Waals surface area contributed by atoms with Crippen LogP contribution in [0.4, 0.5) is 5.69 Å². The Balaban J connectivity index is 1.88. The van der Waals surface area contributed by atoms with Crippen molar-refractivity contribution in [3.63, 3.8) is 0 Å². The third kappa shape index (κ3) is 4.41. The van der Waals surface area contributed by atoms with Crippen molar-refractivity contribution in [3.05, 3.63) is 58.6 Å². The lowest BCUT2D eigenvalue weighted by molar-refractivity contribution is -0.118. The molecule has 3 nitrogen and oxygen atoms in total. The molecule has 2 aromatic rings. The van der Waals surface area contributed by atoms with E-state index < -0.39 is 0 Å². The molecule has 0 aliphatic rings. The van der Waals surface area contributed by atoms with Crippen LogP contribution < -0.4 is 10.1 Å². The molecule has 0 aliphatic carbocycles. The number of carbonyl (C=O) groups excluding carboxylic acids is 1. The van der Waals surface area contributed by atoms with Gasteiger partial charge in [0.25, 0.3) is 5.91 Å². The summed E-state index contributed by atoms with van der Waals surface area (Å²) in [5.74, 6) is 0.486. The highest BCUT2D eigenvalue weighted by Crippen LogP contribution is 2.17. The maximum Gasteiger partial charge on any atom is 0.262 e. The van der Waals surface area contributed by atoms with Gasteiger partial charge in [-0.2, -0.15) is 0 Å². The molecule has 98 valence electrons. The van der Waals surface area contributed by atoms with Gasteiger partial charge in [0.2, 0.25) is 0 Å². The van der Waals surface area contributed by atoms with Gasteiger partial charge in [0.1, 0.15) is 5.75 Å². The molecular weight excluding hydrogens is 306 g/mol. The molecule has 1 amide bonds. The van der Waals surface area contributed by atoms with Crippen LogP contribution >= 0.6 is 15.9 Å². The van der Waals surface area contributed by atoms with Gasteiger partial charge in [-0.15, -0.1) is 0 Å². The molecule has 1 N–H and O–H groups in total. The first kappa shape index (κ1) is 13.6. The second-order valence-corrected chi connectivity index (χ2v) is 5.08. The minimum Gasteiger partial charge on any atom is -0.484 e. The lowest BCUT2D eigenvalue weighted by Gasteiger charge is -2.08. The number of aryl methyl sites for hydroxylation is 1. The molecule has 0 aromatic heterocycles. The van der Waals surface area contributed by atoms with E-state index in [1.165, 1.54) is 0 Å². The van der Waals surface area contributed by atoms with Crippen LogP contribution in [0.5, 0.6) is 5.75 Å². The zero-order valence-corrected chi connectivity index (χ0v) is 12.1. The van der Waals surface area contributed by atoms with Crippen molar-refractivity contribution >= 4 is 27.5 Å². The Morgan fingerprint density at radius 1 is 1.21 bits per heavy atom. The standard InChI is InChI=1S/C15H14BrNO2/c1-11-4-2-6-13(8-11)17-15(18)10-19-14-7-3-5-12(16)9-14/h2-9H,10H2,1H3,(H,17,18). The van der Waals surface area contributed by atoms with Crippen LogP contribution in [0.15, 0.2) is 53.0 Å². The molecule has 19 heavy (non-hydrogen) atoms. The Hall–Kier alpha value is -1.81. The van der Waals surface area contributed by atoms with Gasteiger partial charge in [-0.25, -0.2) is 0 Å². The van der Waals surface area contributed by atoms with Gasteiger partial charge < -0.3 is 10.1 Å². The summed E-state index contributed by atoms with van der Waals surface area (Å²) in [4.78, 5) is 11.7. The molecule has 4 heteroatoms. The van der Waals surface area contributed by atoms with Crippen LogP contribution in [0, 0.1) is 6.92 Å². The quantitative estimate of drug-likeness (QED) is 0.931. The number of hydrogen-bond acceptors (Lipinski definition) is 2. The van der Waals surface area contributed by atoms with Crippen molar-refractivity contribution in [2.45, 2.75) is 6.92 Å². The summed E-state index contributed by atoms with van der Waals surface area (Å²) in [5, 5.41) is 2.79. The van der Waals surface area contributed by atoms with Crippen LogP contribution in [0.25, 0.3) is 0 Å². The summed E-state index contributed by atoms with van der Waals surface area (Å²) in [5.41, 5.74) is 1.88. The highest BCUT2D eigenvalue weighted by Gasteiger charge is 2.04. The molecule has 0 bridgehead atoms. The third-order valence-corrected chi connectivity index (χ3v) is 2.96. The molecule has 0 radical (unpaired) electrons. The number of carbonyl (C=O) groups is 1. The van der Waals surface area contributed by atoms with Gasteiger partial charge in [0.15, 0.2) is 6.61 Å². The SMILES string of the molecule is Cc1cccc(NC(=O)COc2cccc(Br)c2)c1. The number of nitrogens with one attached hydrogen (secondary N) is 1. The average Bonchev–Trinajstić information content (AvgIpc) is 2.36. The van der Waals surface area contributed by atoms with Crippen LogP contribution in [0.3, 0.4) is 0 Å². The fourth-order valence-electron chi connectivity index (χ4n) is 1.63. The van der Waals surface area contributed by atoms with E-state index in [4.69, 9.17) is 4.74 Å². The molecular formula is C15H14BrNO2. The smallest absolute Gasteiger partial charge is 0.262 e. The van der Waals surface area contributed by atoms with Crippen LogP contribution in [-0.4, -0.2) is 12.5 Å². The Morgan fingerprint density at radius 3 is 2.74 bits per heavy atom. The zero-order valence-electron chi connectivity index (χ0n) is 10.5. The van der Waals surface area contributed by atoms with Crippen molar-refractivity contribution in [3.8, 4) is 5.75 Å². The first-order valence-corrected chi connectivity index (χ1v) is 6.68. The molecule has 0 spiro atoms. The summed E-state index contributed by atoms with van der Waals surface area (Å²) in [7, 11) is 0. The third-order valence-electron chi connectivity index (χ3n) is 2.47. The van der Waals surface area contributed by atoms with Crippen molar-refractivity contribution in [1.82, 2.24) is 0 Å². The number of benzene rings is 2. The van der Waals surface area contributed by atoms with Crippen LogP contribution in [0.2, 0.25) is 0 Å². The maximum atomic E-state index is 11.7. The van der Waals surface area contributed by atoms with Crippen LogP contribution in [-0.2, 0) is 4.79 Å². The zero-order chi connectivity index (χ0) is 13.7. The first-order valence-electron chi connectivity index (χ1n) is 5.88. The highest BCUT2D eigenvalue weighted by atomic mass is 79.9. The number of halogens is 1. The molecule has 0 unspecified atom stereocenters. The van der Waals surface area contributed by atoms with E-state index in [-0.39, 0.29) is 12.5 Å². The van der Waals surface area contributed by atoms with E-state index in [0.29, 0.717) is 5.75 Å². The summed E-state index contributed by atoms with van der Waals surface area (Å²) in [6.07, 6.45) is 0. The normalized spacial score (nSPS) is 10.0. The fraction of sp³-hybridized carbons (Fsp3) is 0.133. The predicted molar refractivity (Wildman–Crippen MR) is 79.4 cm³/mol. The second kappa shape index (κ2) is 6.38. The molecule has 0 heterocycles. The largest absolute Gasteiger partial charge is 0.484 e. The fourth-order valence-corrected chi connectivity index (χ4v) is 2.00. The van der Waals surface area contributed by atoms with Crippen molar-refractivity contribution in [2.24, 2.45) is 0 Å². The first-order chi connectivity index (χ1) is 9.13. The van der Waals surface area contributed by atoms with Gasteiger partial charge >= 0.3 is 0 Å². The maximum absolute atomic E-state index is 11.7. The summed E-state index contributed by atoms with van der Waals surface area (Å²) >= 11 is 3.35. The highest BCUT2D eigenvalue weighted by molar-refractivity contribution is 9.10. The monoisotopic (exact) mass is 319 g/mol. The molecule has 2 rings (SSSR count). The molecule has 0 atom stereocenters. The van der Waals surface area contributed by atoms with Gasteiger partial charge in [-0.3, -0.25) is 4.79 Å². The number of anilines is 1. The van der Waals surface area contributed by atoms with Crippen molar-refractivity contribution in [1.29, 1.82) is 0 Å². The summed E-state index contributed by atoms with van der Waals surface area (Å²) in [6, 6.07) is 15.0. The lowest BCUT2D eigenvalue weighted by atomic mass is 10.2. The Bertz CT molecular complexity index is 584. The Labute approximate surface area is 120 Å². The van der Waals surface area contributed by atoms with E-state index in [9.17, 15) is 4.79 Å². The minimum absolute atomic E-state index is 0.00953. The predicted octanol–water partition coefficient (Wildman–Crippen LogP) is 3.78. The van der Waals surface area contributed by atoms with Gasteiger partial charge in [0, 0.05) is 10.2 Å². The summed E-state index contributed by atoms with van der Waals surface area (Å²) < 4.78 is 6.33. The minimum atomic E-state index is -0.175. The molecule has 0 saturated carbocycles. The van der Waals surface area contributed by atoms with Gasteiger partial charge in [-0.05, 0) is 42.8 Å². The molecule has 0 aliphatic heterocycles. The molecule has 0 fully saturated rings. The van der Waals surface area contributed by atoms with E-state index in [1.807, 2.05) is 55.5 Å². The van der Waals surface area contributed by atoms with E-state index >= 15 is 0 Å².